The highest BCUT2D eigenvalue weighted by Crippen LogP contribution is 2.29. The lowest BCUT2D eigenvalue weighted by Gasteiger charge is -2.29. The molecule has 1 aromatic rings. The molecule has 0 saturated carbocycles. The van der Waals surface area contributed by atoms with E-state index in [-0.39, 0.29) is 35.7 Å². The molecule has 0 unspecified atom stereocenters. The number of imide groups is 1. The maximum Gasteiger partial charge on any atom is 0.262 e. The second-order valence-electron chi connectivity index (χ2n) is 6.80. The number of fused-ring (bicyclic) bond motifs is 1. The molecule has 0 atom stereocenters. The number of hydrogen-bond donors (Lipinski definition) is 2. The van der Waals surface area contributed by atoms with Gasteiger partial charge < -0.3 is 5.32 Å². The fraction of sp³-hybridized carbons (Fsp3) is 0.438. The Kier molecular flexibility index (Phi) is 5.01. The molecular weight excluding hydrogens is 346 g/mol. The van der Waals surface area contributed by atoms with Gasteiger partial charge in [0.2, 0.25) is 10.0 Å². The summed E-state index contributed by atoms with van der Waals surface area (Å²) in [5.74, 6) is -1.26. The molecule has 0 spiro atoms. The van der Waals surface area contributed by atoms with E-state index in [1.54, 1.807) is 20.8 Å². The van der Waals surface area contributed by atoms with Crippen molar-refractivity contribution in [2.75, 3.05) is 19.3 Å². The van der Waals surface area contributed by atoms with Gasteiger partial charge >= 0.3 is 0 Å². The first-order chi connectivity index (χ1) is 11.4. The van der Waals surface area contributed by atoms with Crippen LogP contribution in [0.2, 0.25) is 0 Å². The minimum Gasteiger partial charge on any atom is -0.351 e. The lowest BCUT2D eigenvalue weighted by molar-refractivity contribution is 0.0507. The van der Waals surface area contributed by atoms with Gasteiger partial charge in [0.1, 0.15) is 0 Å². The molecule has 1 aromatic carbocycles. The number of hydrogen-bond acceptors (Lipinski definition) is 5. The van der Waals surface area contributed by atoms with Gasteiger partial charge in [-0.3, -0.25) is 19.3 Å². The summed E-state index contributed by atoms with van der Waals surface area (Å²) in [6.07, 6.45) is 1.03. The molecule has 2 N–H and O–H groups in total. The number of nitrogens with zero attached hydrogens (tertiary/aromatic N) is 1. The monoisotopic (exact) mass is 367 g/mol. The second-order valence-corrected chi connectivity index (χ2v) is 8.63. The quantitative estimate of drug-likeness (QED) is 0.576. The average Bonchev–Trinajstić information content (AvgIpc) is 2.73. The summed E-state index contributed by atoms with van der Waals surface area (Å²) in [4.78, 5) is 38.2. The summed E-state index contributed by atoms with van der Waals surface area (Å²) in [6, 6.07) is 4.32. The van der Waals surface area contributed by atoms with Gasteiger partial charge in [-0.2, -0.15) is 0 Å². The van der Waals surface area contributed by atoms with Gasteiger partial charge in [0.15, 0.2) is 0 Å². The molecule has 0 saturated heterocycles. The molecule has 1 aliphatic heterocycles. The van der Waals surface area contributed by atoms with Gasteiger partial charge in [-0.15, -0.1) is 0 Å². The number of amides is 3. The standard InChI is InChI=1S/C16H21N3O5S/c1-16(2,3)19-14(21)11-6-5-10(9-12(11)15(19)22)13(20)17-7-8-18-25(4,23)24/h5-6,9,18H,7-8H2,1-4H3,(H,17,20). The fourth-order valence-corrected chi connectivity index (χ4v) is 2.98. The van der Waals surface area contributed by atoms with Crippen molar-refractivity contribution < 1.29 is 22.8 Å². The van der Waals surface area contributed by atoms with E-state index in [0.717, 1.165) is 6.26 Å². The number of carbonyl (C=O) groups is 3. The molecule has 0 aromatic heterocycles. The van der Waals surface area contributed by atoms with Crippen LogP contribution < -0.4 is 10.0 Å². The lowest BCUT2D eigenvalue weighted by atomic mass is 10.1. The van der Waals surface area contributed by atoms with Crippen LogP contribution in [0, 0.1) is 0 Å². The van der Waals surface area contributed by atoms with Gasteiger partial charge in [0.05, 0.1) is 17.4 Å². The molecule has 2 rings (SSSR count). The van der Waals surface area contributed by atoms with Crippen LogP contribution in [0.5, 0.6) is 0 Å². The van der Waals surface area contributed by atoms with Gasteiger partial charge in [-0.1, -0.05) is 0 Å². The number of nitrogens with one attached hydrogen (secondary N) is 2. The first kappa shape index (κ1) is 19.1. The van der Waals surface area contributed by atoms with E-state index in [9.17, 15) is 22.8 Å². The van der Waals surface area contributed by atoms with E-state index in [1.807, 2.05) is 0 Å². The molecular formula is C16H21N3O5S. The number of carbonyl (C=O) groups excluding carboxylic acids is 3. The molecule has 1 heterocycles. The highest BCUT2D eigenvalue weighted by molar-refractivity contribution is 7.88. The minimum atomic E-state index is -3.32. The molecule has 0 bridgehead atoms. The summed E-state index contributed by atoms with van der Waals surface area (Å²) < 4.78 is 24.2. The van der Waals surface area contributed by atoms with E-state index >= 15 is 0 Å². The van der Waals surface area contributed by atoms with Crippen molar-refractivity contribution in [3.63, 3.8) is 0 Å². The molecule has 0 radical (unpaired) electrons. The first-order valence-corrected chi connectivity index (χ1v) is 9.57. The van der Waals surface area contributed by atoms with Crippen molar-refractivity contribution in [1.29, 1.82) is 0 Å². The smallest absolute Gasteiger partial charge is 0.262 e. The van der Waals surface area contributed by atoms with Crippen LogP contribution in [0.15, 0.2) is 18.2 Å². The Morgan fingerprint density at radius 2 is 1.68 bits per heavy atom. The number of rotatable bonds is 5. The lowest BCUT2D eigenvalue weighted by Crippen LogP contribution is -2.45. The Hall–Kier alpha value is -2.26. The van der Waals surface area contributed by atoms with Crippen LogP contribution in [0.3, 0.4) is 0 Å². The Bertz CT molecular complexity index is 840. The molecule has 0 aliphatic carbocycles. The summed E-state index contributed by atoms with van der Waals surface area (Å²) in [6.45, 7) is 5.44. The maximum atomic E-state index is 12.5. The normalized spacial score (nSPS) is 14.6. The summed E-state index contributed by atoms with van der Waals surface area (Å²) in [5.41, 5.74) is 0.0412. The zero-order valence-corrected chi connectivity index (χ0v) is 15.4. The van der Waals surface area contributed by atoms with Crippen LogP contribution in [0.4, 0.5) is 0 Å². The SMILES string of the molecule is CC(C)(C)N1C(=O)c2ccc(C(=O)NCCNS(C)(=O)=O)cc2C1=O. The molecule has 3 amide bonds. The van der Waals surface area contributed by atoms with E-state index < -0.39 is 27.4 Å². The molecule has 136 valence electrons. The highest BCUT2D eigenvalue weighted by atomic mass is 32.2. The Morgan fingerprint density at radius 1 is 1.08 bits per heavy atom. The van der Waals surface area contributed by atoms with Gasteiger partial charge in [-0.25, -0.2) is 13.1 Å². The van der Waals surface area contributed by atoms with E-state index in [1.165, 1.54) is 23.1 Å². The van der Waals surface area contributed by atoms with Crippen molar-refractivity contribution in [3.05, 3.63) is 34.9 Å². The Labute approximate surface area is 146 Å². The molecule has 0 fully saturated rings. The van der Waals surface area contributed by atoms with Crippen molar-refractivity contribution in [2.24, 2.45) is 0 Å². The second kappa shape index (κ2) is 6.57. The fourth-order valence-electron chi connectivity index (χ4n) is 2.51. The van der Waals surface area contributed by atoms with Gasteiger partial charge in [-0.05, 0) is 39.0 Å². The number of benzene rings is 1. The van der Waals surface area contributed by atoms with Gasteiger partial charge in [0, 0.05) is 24.2 Å². The minimum absolute atomic E-state index is 0.0603. The summed E-state index contributed by atoms with van der Waals surface area (Å²) in [5, 5.41) is 2.55. The van der Waals surface area contributed by atoms with Crippen LogP contribution in [-0.4, -0.2) is 55.9 Å². The zero-order valence-electron chi connectivity index (χ0n) is 14.5. The maximum absolute atomic E-state index is 12.5. The van der Waals surface area contributed by atoms with Crippen LogP contribution in [-0.2, 0) is 10.0 Å². The third-order valence-corrected chi connectivity index (χ3v) is 4.32. The van der Waals surface area contributed by atoms with Crippen LogP contribution in [0.1, 0.15) is 51.8 Å². The van der Waals surface area contributed by atoms with Crippen LogP contribution in [0.25, 0.3) is 0 Å². The summed E-state index contributed by atoms with van der Waals surface area (Å²) >= 11 is 0. The predicted octanol–water partition coefficient (Wildman–Crippen LogP) is 0.360. The first-order valence-electron chi connectivity index (χ1n) is 7.67. The van der Waals surface area contributed by atoms with E-state index in [4.69, 9.17) is 0 Å². The predicted molar refractivity (Wildman–Crippen MR) is 91.9 cm³/mol. The molecule has 1 aliphatic rings. The zero-order chi connectivity index (χ0) is 19.0. The highest BCUT2D eigenvalue weighted by Gasteiger charge is 2.42. The third-order valence-electron chi connectivity index (χ3n) is 3.59. The van der Waals surface area contributed by atoms with Crippen molar-refractivity contribution in [1.82, 2.24) is 14.9 Å². The van der Waals surface area contributed by atoms with Crippen molar-refractivity contribution in [2.45, 2.75) is 26.3 Å². The Balaban J connectivity index is 2.13. The average molecular weight is 367 g/mol. The largest absolute Gasteiger partial charge is 0.351 e. The van der Waals surface area contributed by atoms with Crippen LogP contribution >= 0.6 is 0 Å². The topological polar surface area (TPSA) is 113 Å². The summed E-state index contributed by atoms with van der Waals surface area (Å²) in [7, 11) is -3.32. The Morgan fingerprint density at radius 3 is 2.24 bits per heavy atom. The number of sulfonamides is 1. The third kappa shape index (κ3) is 4.23. The van der Waals surface area contributed by atoms with Crippen molar-refractivity contribution in [3.8, 4) is 0 Å². The van der Waals surface area contributed by atoms with E-state index in [0.29, 0.717) is 0 Å². The van der Waals surface area contributed by atoms with Gasteiger partial charge in [0.25, 0.3) is 17.7 Å². The van der Waals surface area contributed by atoms with E-state index in [2.05, 4.69) is 10.0 Å². The molecule has 8 nitrogen and oxygen atoms in total. The van der Waals surface area contributed by atoms with Crippen molar-refractivity contribution >= 4 is 27.7 Å². The molecule has 25 heavy (non-hydrogen) atoms. The molecule has 9 heteroatoms.